The molecule has 0 heterocycles. The first kappa shape index (κ1) is 31.2. The van der Waals surface area contributed by atoms with Gasteiger partial charge >= 0.3 is 0 Å². The van der Waals surface area contributed by atoms with Crippen molar-refractivity contribution in [2.24, 2.45) is 0 Å². The highest BCUT2D eigenvalue weighted by Gasteiger charge is 2.33. The van der Waals surface area contributed by atoms with Gasteiger partial charge in [0.15, 0.2) is 11.5 Å². The molecule has 0 aromatic heterocycles. The molecule has 224 valence electrons. The van der Waals surface area contributed by atoms with Crippen LogP contribution in [0.15, 0.2) is 77.7 Å². The summed E-state index contributed by atoms with van der Waals surface area (Å²) in [4.78, 5) is 28.9. The van der Waals surface area contributed by atoms with Crippen LogP contribution in [-0.4, -0.2) is 58.0 Å². The molecular formula is C31H36ClN3O6S. The van der Waals surface area contributed by atoms with Gasteiger partial charge in [-0.3, -0.25) is 13.9 Å². The number of nitrogens with one attached hydrogen (secondary N) is 1. The molecule has 4 rings (SSSR count). The van der Waals surface area contributed by atoms with Crippen molar-refractivity contribution in [1.29, 1.82) is 0 Å². The van der Waals surface area contributed by atoms with Crippen LogP contribution in [0.1, 0.15) is 38.2 Å². The molecule has 1 fully saturated rings. The highest BCUT2D eigenvalue weighted by atomic mass is 35.5. The van der Waals surface area contributed by atoms with Crippen LogP contribution < -0.4 is 19.1 Å². The van der Waals surface area contributed by atoms with Crippen molar-refractivity contribution in [2.75, 3.05) is 25.1 Å². The van der Waals surface area contributed by atoms with Gasteiger partial charge in [0.2, 0.25) is 11.8 Å². The largest absolute Gasteiger partial charge is 0.493 e. The molecule has 3 aromatic rings. The van der Waals surface area contributed by atoms with E-state index in [2.05, 4.69) is 5.32 Å². The summed E-state index contributed by atoms with van der Waals surface area (Å²) in [7, 11) is -1.28. The first-order chi connectivity index (χ1) is 20.1. The normalized spacial score (nSPS) is 14.2. The number of nitrogens with zero attached hydrogens (tertiary/aromatic N) is 2. The smallest absolute Gasteiger partial charge is 0.264 e. The lowest BCUT2D eigenvalue weighted by atomic mass is 10.1. The molecule has 11 heteroatoms. The molecule has 0 radical (unpaired) electrons. The summed E-state index contributed by atoms with van der Waals surface area (Å²) in [5.41, 5.74) is 0.913. The van der Waals surface area contributed by atoms with E-state index >= 15 is 0 Å². The Bertz CT molecular complexity index is 1500. The Morgan fingerprint density at radius 1 is 0.952 bits per heavy atom. The van der Waals surface area contributed by atoms with Gasteiger partial charge in [0.1, 0.15) is 12.6 Å². The van der Waals surface area contributed by atoms with Crippen molar-refractivity contribution in [3.05, 3.63) is 83.4 Å². The van der Waals surface area contributed by atoms with Crippen LogP contribution >= 0.6 is 11.6 Å². The van der Waals surface area contributed by atoms with Crippen LogP contribution in [0.5, 0.6) is 11.5 Å². The van der Waals surface area contributed by atoms with E-state index in [0.717, 1.165) is 30.0 Å². The molecule has 0 bridgehead atoms. The molecule has 0 spiro atoms. The number of methoxy groups -OCH3 is 2. The predicted octanol–water partition coefficient (Wildman–Crippen LogP) is 5.03. The zero-order chi connectivity index (χ0) is 30.3. The second kappa shape index (κ2) is 13.9. The van der Waals surface area contributed by atoms with E-state index in [1.807, 2.05) is 0 Å². The number of benzene rings is 3. The number of ether oxygens (including phenoxy) is 2. The lowest BCUT2D eigenvalue weighted by molar-refractivity contribution is -0.139. The van der Waals surface area contributed by atoms with Crippen LogP contribution in [0.4, 0.5) is 5.69 Å². The SMILES string of the molecule is COc1ccc(N(CC(=O)N(Cc2cccc(Cl)c2)[C@@H](C)C(=O)NC2CCCC2)S(=O)(=O)c2ccccc2)cc1OC. The highest BCUT2D eigenvalue weighted by molar-refractivity contribution is 7.92. The Hall–Kier alpha value is -3.76. The van der Waals surface area contributed by atoms with Crippen molar-refractivity contribution in [3.8, 4) is 11.5 Å². The zero-order valence-electron chi connectivity index (χ0n) is 24.0. The van der Waals surface area contributed by atoms with Crippen molar-refractivity contribution in [3.63, 3.8) is 0 Å². The molecule has 2 amide bonds. The second-order valence-electron chi connectivity index (χ2n) is 10.2. The first-order valence-electron chi connectivity index (χ1n) is 13.8. The number of amides is 2. The van der Waals surface area contributed by atoms with Gasteiger partial charge in [-0.2, -0.15) is 0 Å². The Kier molecular flexibility index (Phi) is 10.3. The van der Waals surface area contributed by atoms with Gasteiger partial charge in [0, 0.05) is 23.7 Å². The molecule has 0 saturated heterocycles. The Morgan fingerprint density at radius 3 is 2.29 bits per heavy atom. The standard InChI is InChI=1S/C31H36ClN3O6S/c1-22(31(37)33-25-12-7-8-13-25)34(20-23-10-9-11-24(32)18-23)30(36)21-35(42(38,39)27-14-5-4-6-15-27)26-16-17-28(40-2)29(19-26)41-3/h4-6,9-11,14-19,22,25H,7-8,12-13,20-21H2,1-3H3,(H,33,37)/t22-/m0/s1. The van der Waals surface area contributed by atoms with Crippen LogP contribution in [0.2, 0.25) is 5.02 Å². The summed E-state index contributed by atoms with van der Waals surface area (Å²) >= 11 is 6.22. The fraction of sp³-hybridized carbons (Fsp3) is 0.355. The van der Waals surface area contributed by atoms with Crippen LogP contribution in [0, 0.1) is 0 Å². The van der Waals surface area contributed by atoms with E-state index in [-0.39, 0.29) is 29.1 Å². The number of anilines is 1. The molecule has 1 N–H and O–H groups in total. The van der Waals surface area contributed by atoms with Crippen molar-refractivity contribution in [1.82, 2.24) is 10.2 Å². The molecule has 9 nitrogen and oxygen atoms in total. The lowest BCUT2D eigenvalue weighted by Gasteiger charge is -2.32. The van der Waals surface area contributed by atoms with Gasteiger partial charge in [-0.05, 0) is 61.7 Å². The van der Waals surface area contributed by atoms with Gasteiger partial charge in [0.05, 0.1) is 24.8 Å². The maximum Gasteiger partial charge on any atom is 0.264 e. The number of carbonyl (C=O) groups excluding carboxylic acids is 2. The number of halogens is 1. The van der Waals surface area contributed by atoms with E-state index in [9.17, 15) is 18.0 Å². The minimum Gasteiger partial charge on any atom is -0.493 e. The van der Waals surface area contributed by atoms with Gasteiger partial charge in [-0.1, -0.05) is 54.8 Å². The van der Waals surface area contributed by atoms with Crippen LogP contribution in [0.25, 0.3) is 0 Å². The van der Waals surface area contributed by atoms with Gasteiger partial charge in [-0.15, -0.1) is 0 Å². The minimum absolute atomic E-state index is 0.0148. The molecule has 3 aromatic carbocycles. The first-order valence-corrected chi connectivity index (χ1v) is 15.6. The lowest BCUT2D eigenvalue weighted by Crippen LogP contribution is -2.52. The fourth-order valence-electron chi connectivity index (χ4n) is 5.04. The average molecular weight is 614 g/mol. The van der Waals surface area contributed by atoms with E-state index in [0.29, 0.717) is 22.1 Å². The Morgan fingerprint density at radius 2 is 1.64 bits per heavy atom. The molecule has 42 heavy (non-hydrogen) atoms. The quantitative estimate of drug-likeness (QED) is 0.307. The number of sulfonamides is 1. The topological polar surface area (TPSA) is 105 Å². The molecule has 0 aliphatic heterocycles. The maximum absolute atomic E-state index is 14.1. The summed E-state index contributed by atoms with van der Waals surface area (Å²) in [5.74, 6) is -0.139. The molecular weight excluding hydrogens is 578 g/mol. The van der Waals surface area contributed by atoms with Crippen molar-refractivity contribution in [2.45, 2.75) is 56.1 Å². The van der Waals surface area contributed by atoms with Gasteiger partial charge in [0.25, 0.3) is 10.0 Å². The van der Waals surface area contributed by atoms with E-state index in [1.165, 1.54) is 37.3 Å². The monoisotopic (exact) mass is 613 g/mol. The molecule has 1 saturated carbocycles. The third-order valence-electron chi connectivity index (χ3n) is 7.38. The number of hydrogen-bond donors (Lipinski definition) is 1. The van der Waals surface area contributed by atoms with E-state index < -0.39 is 28.5 Å². The zero-order valence-corrected chi connectivity index (χ0v) is 25.5. The molecule has 0 unspecified atom stereocenters. The molecule has 1 aliphatic carbocycles. The van der Waals surface area contributed by atoms with Gasteiger partial charge in [-0.25, -0.2) is 8.42 Å². The maximum atomic E-state index is 14.1. The molecule has 1 atom stereocenters. The fourth-order valence-corrected chi connectivity index (χ4v) is 6.67. The summed E-state index contributed by atoms with van der Waals surface area (Å²) in [6, 6.07) is 18.7. The number of hydrogen-bond acceptors (Lipinski definition) is 6. The third-order valence-corrected chi connectivity index (χ3v) is 9.40. The minimum atomic E-state index is -4.20. The number of rotatable bonds is 12. The van der Waals surface area contributed by atoms with E-state index in [1.54, 1.807) is 61.5 Å². The van der Waals surface area contributed by atoms with Crippen LogP contribution in [-0.2, 0) is 26.2 Å². The van der Waals surface area contributed by atoms with E-state index in [4.69, 9.17) is 21.1 Å². The summed E-state index contributed by atoms with van der Waals surface area (Å²) in [5, 5.41) is 3.55. The number of carbonyl (C=O) groups is 2. The van der Waals surface area contributed by atoms with Gasteiger partial charge < -0.3 is 19.7 Å². The van der Waals surface area contributed by atoms with Crippen LogP contribution in [0.3, 0.4) is 0 Å². The average Bonchev–Trinajstić information content (AvgIpc) is 3.51. The van der Waals surface area contributed by atoms with Crippen molar-refractivity contribution >= 4 is 39.1 Å². The highest BCUT2D eigenvalue weighted by Crippen LogP contribution is 2.34. The van der Waals surface area contributed by atoms with Crippen molar-refractivity contribution < 1.29 is 27.5 Å². The third kappa shape index (κ3) is 7.35. The summed E-state index contributed by atoms with van der Waals surface area (Å²) in [6.45, 7) is 1.15. The summed E-state index contributed by atoms with van der Waals surface area (Å²) < 4.78 is 39.7. The molecule has 1 aliphatic rings. The Labute approximate surface area is 252 Å². The second-order valence-corrected chi connectivity index (χ2v) is 12.5. The summed E-state index contributed by atoms with van der Waals surface area (Å²) in [6.07, 6.45) is 3.87. The predicted molar refractivity (Wildman–Crippen MR) is 162 cm³/mol. The Balaban J connectivity index is 1.72.